The third-order valence-corrected chi connectivity index (χ3v) is 2.31. The monoisotopic (exact) mass is 231 g/mol. The minimum atomic E-state index is -0.490. The second kappa shape index (κ2) is 5.21. The second-order valence-electron chi connectivity index (χ2n) is 3.60. The third kappa shape index (κ3) is 3.11. The first-order valence-corrected chi connectivity index (χ1v) is 5.27. The van der Waals surface area contributed by atoms with E-state index in [-0.39, 0.29) is 6.61 Å². The zero-order chi connectivity index (χ0) is 12.1. The van der Waals surface area contributed by atoms with Gasteiger partial charge < -0.3 is 9.15 Å². The molecule has 2 rings (SSSR count). The van der Waals surface area contributed by atoms with Crippen LogP contribution in [0.4, 0.5) is 10.5 Å². The van der Waals surface area contributed by atoms with Gasteiger partial charge in [0.2, 0.25) is 0 Å². The number of anilines is 1. The highest BCUT2D eigenvalue weighted by molar-refractivity contribution is 5.85. The van der Waals surface area contributed by atoms with Gasteiger partial charge in [0.25, 0.3) is 0 Å². The largest absolute Gasteiger partial charge is 0.466 e. The molecular formula is C13H13NO3. The highest BCUT2D eigenvalue weighted by Crippen LogP contribution is 2.13. The Morgan fingerprint density at radius 3 is 2.82 bits per heavy atom. The fraction of sp³-hybridized carbons (Fsp3) is 0.154. The number of rotatable bonds is 3. The van der Waals surface area contributed by atoms with Crippen molar-refractivity contribution in [2.45, 2.75) is 13.5 Å². The van der Waals surface area contributed by atoms with Gasteiger partial charge in [-0.3, -0.25) is 5.32 Å². The Morgan fingerprint density at radius 1 is 1.29 bits per heavy atom. The second-order valence-corrected chi connectivity index (χ2v) is 3.60. The standard InChI is InChI=1S/C13H13NO3/c1-10-5-2-3-7-12(10)14-13(15)17-9-11-6-4-8-16-11/h2-8H,9H2,1H3,(H,14,15). The maximum Gasteiger partial charge on any atom is 0.412 e. The van der Waals surface area contributed by atoms with Crippen LogP contribution in [0.1, 0.15) is 11.3 Å². The summed E-state index contributed by atoms with van der Waals surface area (Å²) in [6.07, 6.45) is 1.05. The van der Waals surface area contributed by atoms with Crippen molar-refractivity contribution >= 4 is 11.8 Å². The van der Waals surface area contributed by atoms with Gasteiger partial charge in [-0.25, -0.2) is 4.79 Å². The van der Waals surface area contributed by atoms with Gasteiger partial charge in [-0.2, -0.15) is 0 Å². The van der Waals surface area contributed by atoms with Gasteiger partial charge in [0.05, 0.1) is 6.26 Å². The third-order valence-electron chi connectivity index (χ3n) is 2.31. The van der Waals surface area contributed by atoms with Crippen LogP contribution >= 0.6 is 0 Å². The summed E-state index contributed by atoms with van der Waals surface area (Å²) in [5.41, 5.74) is 1.74. The van der Waals surface area contributed by atoms with Crippen LogP contribution in [0, 0.1) is 6.92 Å². The number of carbonyl (C=O) groups is 1. The highest BCUT2D eigenvalue weighted by Gasteiger charge is 2.06. The minimum Gasteiger partial charge on any atom is -0.466 e. The van der Waals surface area contributed by atoms with E-state index in [4.69, 9.17) is 9.15 Å². The topological polar surface area (TPSA) is 51.5 Å². The summed E-state index contributed by atoms with van der Waals surface area (Å²) < 4.78 is 10.1. The van der Waals surface area contributed by atoms with Crippen LogP contribution in [-0.2, 0) is 11.3 Å². The average molecular weight is 231 g/mol. The van der Waals surface area contributed by atoms with Crippen LogP contribution in [-0.4, -0.2) is 6.09 Å². The van der Waals surface area contributed by atoms with Crippen molar-refractivity contribution in [1.29, 1.82) is 0 Å². The number of hydrogen-bond acceptors (Lipinski definition) is 3. The molecule has 1 N–H and O–H groups in total. The number of ether oxygens (including phenoxy) is 1. The van der Waals surface area contributed by atoms with E-state index in [0.717, 1.165) is 11.3 Å². The fourth-order valence-electron chi connectivity index (χ4n) is 1.39. The first-order chi connectivity index (χ1) is 8.25. The Balaban J connectivity index is 1.87. The number of carbonyl (C=O) groups excluding carboxylic acids is 1. The van der Waals surface area contributed by atoms with Crippen LogP contribution in [0.5, 0.6) is 0 Å². The van der Waals surface area contributed by atoms with Gasteiger partial charge in [0.15, 0.2) is 6.61 Å². The SMILES string of the molecule is Cc1ccccc1NC(=O)OCc1ccco1. The summed E-state index contributed by atoms with van der Waals surface area (Å²) >= 11 is 0. The molecule has 0 aliphatic heterocycles. The van der Waals surface area contributed by atoms with E-state index >= 15 is 0 Å². The molecule has 0 atom stereocenters. The Kier molecular flexibility index (Phi) is 3.45. The summed E-state index contributed by atoms with van der Waals surface area (Å²) in [6, 6.07) is 11.0. The highest BCUT2D eigenvalue weighted by atomic mass is 16.6. The molecule has 17 heavy (non-hydrogen) atoms. The molecule has 0 aliphatic carbocycles. The van der Waals surface area contributed by atoms with E-state index in [9.17, 15) is 4.79 Å². The maximum atomic E-state index is 11.5. The van der Waals surface area contributed by atoms with E-state index in [1.54, 1.807) is 12.1 Å². The minimum absolute atomic E-state index is 0.130. The number of hydrogen-bond donors (Lipinski definition) is 1. The predicted octanol–water partition coefficient (Wildman–Crippen LogP) is 3.34. The lowest BCUT2D eigenvalue weighted by atomic mass is 10.2. The Hall–Kier alpha value is -2.23. The van der Waals surface area contributed by atoms with Crippen LogP contribution in [0.2, 0.25) is 0 Å². The van der Waals surface area contributed by atoms with Crippen molar-refractivity contribution < 1.29 is 13.9 Å². The van der Waals surface area contributed by atoms with E-state index in [1.165, 1.54) is 6.26 Å². The predicted molar refractivity (Wildman–Crippen MR) is 63.7 cm³/mol. The lowest BCUT2D eigenvalue weighted by Gasteiger charge is -2.07. The number of amides is 1. The molecule has 1 aromatic heterocycles. The maximum absolute atomic E-state index is 11.5. The molecule has 4 heteroatoms. The van der Waals surface area contributed by atoms with Crippen molar-refractivity contribution in [1.82, 2.24) is 0 Å². The average Bonchev–Trinajstić information content (AvgIpc) is 2.82. The van der Waals surface area contributed by atoms with Crippen LogP contribution in [0.3, 0.4) is 0 Å². The quantitative estimate of drug-likeness (QED) is 0.881. The van der Waals surface area contributed by atoms with Crippen LogP contribution in [0.15, 0.2) is 47.1 Å². The molecule has 1 aromatic carbocycles. The Morgan fingerprint density at radius 2 is 2.12 bits per heavy atom. The van der Waals surface area contributed by atoms with Crippen LogP contribution < -0.4 is 5.32 Å². The van der Waals surface area contributed by atoms with E-state index < -0.39 is 6.09 Å². The van der Waals surface area contributed by atoms with Crippen molar-refractivity contribution in [3.63, 3.8) is 0 Å². The lowest BCUT2D eigenvalue weighted by Crippen LogP contribution is -2.14. The van der Waals surface area contributed by atoms with E-state index in [2.05, 4.69) is 5.32 Å². The summed E-state index contributed by atoms with van der Waals surface area (Å²) in [5, 5.41) is 2.67. The van der Waals surface area contributed by atoms with Crippen molar-refractivity contribution in [3.8, 4) is 0 Å². The molecule has 1 heterocycles. The zero-order valence-electron chi connectivity index (χ0n) is 9.47. The lowest BCUT2D eigenvalue weighted by molar-refractivity contribution is 0.146. The van der Waals surface area contributed by atoms with Gasteiger partial charge in [-0.15, -0.1) is 0 Å². The van der Waals surface area contributed by atoms with E-state index in [0.29, 0.717) is 5.76 Å². The number of para-hydroxylation sites is 1. The Labute approximate surface area is 99.2 Å². The molecule has 0 aliphatic rings. The molecule has 1 amide bonds. The summed E-state index contributed by atoms with van der Waals surface area (Å²) in [5.74, 6) is 0.616. The van der Waals surface area contributed by atoms with Gasteiger partial charge in [-0.1, -0.05) is 18.2 Å². The van der Waals surface area contributed by atoms with Crippen molar-refractivity contribution in [3.05, 3.63) is 54.0 Å². The molecule has 0 fully saturated rings. The molecule has 0 spiro atoms. The molecule has 0 saturated carbocycles. The summed E-state index contributed by atoms with van der Waals surface area (Å²) in [4.78, 5) is 11.5. The molecule has 0 bridgehead atoms. The Bertz CT molecular complexity index is 491. The van der Waals surface area contributed by atoms with Gasteiger partial charge in [0.1, 0.15) is 5.76 Å². The molecule has 0 saturated heterocycles. The molecule has 4 nitrogen and oxygen atoms in total. The van der Waals surface area contributed by atoms with Gasteiger partial charge >= 0.3 is 6.09 Å². The molecule has 2 aromatic rings. The number of benzene rings is 1. The van der Waals surface area contributed by atoms with Gasteiger partial charge in [0, 0.05) is 5.69 Å². The van der Waals surface area contributed by atoms with E-state index in [1.807, 2.05) is 31.2 Å². The number of furan rings is 1. The van der Waals surface area contributed by atoms with Crippen molar-refractivity contribution in [2.75, 3.05) is 5.32 Å². The first-order valence-electron chi connectivity index (χ1n) is 5.27. The van der Waals surface area contributed by atoms with Gasteiger partial charge in [-0.05, 0) is 30.7 Å². The summed E-state index contributed by atoms with van der Waals surface area (Å²) in [6.45, 7) is 2.05. The van der Waals surface area contributed by atoms with Crippen LogP contribution in [0.25, 0.3) is 0 Å². The molecule has 88 valence electrons. The normalized spacial score (nSPS) is 9.94. The molecule has 0 radical (unpaired) electrons. The zero-order valence-corrected chi connectivity index (χ0v) is 9.47. The number of nitrogens with one attached hydrogen (secondary N) is 1. The fourth-order valence-corrected chi connectivity index (χ4v) is 1.39. The summed E-state index contributed by atoms with van der Waals surface area (Å²) in [7, 11) is 0. The van der Waals surface area contributed by atoms with Crippen molar-refractivity contribution in [2.24, 2.45) is 0 Å². The number of aryl methyl sites for hydroxylation is 1. The molecular weight excluding hydrogens is 218 g/mol. The smallest absolute Gasteiger partial charge is 0.412 e. The molecule has 0 unspecified atom stereocenters. The first kappa shape index (κ1) is 11.3.